The number of ether oxygens (including phenoxy) is 1. The van der Waals surface area contributed by atoms with Gasteiger partial charge in [-0.05, 0) is 42.8 Å². The second kappa shape index (κ2) is 9.48. The summed E-state index contributed by atoms with van der Waals surface area (Å²) < 4.78 is 19.0. The van der Waals surface area contributed by atoms with Crippen molar-refractivity contribution in [2.24, 2.45) is 5.10 Å². The van der Waals surface area contributed by atoms with Crippen LogP contribution < -0.4 is 9.75 Å². The minimum atomic E-state index is -0.294. The number of anilines is 1. The third-order valence-corrected chi connectivity index (χ3v) is 5.82. The summed E-state index contributed by atoms with van der Waals surface area (Å²) in [6.07, 6.45) is 0.610. The maximum Gasteiger partial charge on any atom is 0.270 e. The van der Waals surface area contributed by atoms with Gasteiger partial charge in [0.1, 0.15) is 17.3 Å². The minimum absolute atomic E-state index is 0.110. The maximum absolute atomic E-state index is 13.6. The van der Waals surface area contributed by atoms with Gasteiger partial charge in [0.25, 0.3) is 5.91 Å². The van der Waals surface area contributed by atoms with Crippen molar-refractivity contribution < 1.29 is 18.7 Å². The van der Waals surface area contributed by atoms with Crippen molar-refractivity contribution in [1.29, 1.82) is 0 Å². The van der Waals surface area contributed by atoms with Gasteiger partial charge in [0.15, 0.2) is 0 Å². The van der Waals surface area contributed by atoms with Crippen molar-refractivity contribution >= 4 is 23.2 Å². The quantitative estimate of drug-likeness (QED) is 0.720. The predicted molar refractivity (Wildman–Crippen MR) is 120 cm³/mol. The molecule has 0 bridgehead atoms. The third-order valence-electron chi connectivity index (χ3n) is 5.82. The van der Waals surface area contributed by atoms with E-state index in [-0.39, 0.29) is 24.1 Å². The standard InChI is InChI=1S/C24H27FN4O3/c1-17-4-3-5-20(14-17)29-23(30)9-7-21(26-29)24(31)28-12-10-27(11-13-28)16-18-15-19(25)6-8-22(18)32-2/h3-6,8,14-15H,7,9-13,16H2,1-2H3. The highest BCUT2D eigenvalue weighted by Crippen LogP contribution is 2.23. The summed E-state index contributed by atoms with van der Waals surface area (Å²) in [6.45, 7) is 4.94. The van der Waals surface area contributed by atoms with Crippen molar-refractivity contribution in [3.05, 3.63) is 59.4 Å². The lowest BCUT2D eigenvalue weighted by Crippen LogP contribution is -2.51. The molecule has 0 unspecified atom stereocenters. The van der Waals surface area contributed by atoms with E-state index in [4.69, 9.17) is 4.74 Å². The number of carbonyl (C=O) groups is 2. The molecule has 0 saturated carbocycles. The number of halogens is 1. The van der Waals surface area contributed by atoms with Crippen molar-refractivity contribution in [1.82, 2.24) is 9.80 Å². The number of benzene rings is 2. The molecule has 2 aliphatic heterocycles. The first-order valence-electron chi connectivity index (χ1n) is 10.8. The first kappa shape index (κ1) is 22.0. The lowest BCUT2D eigenvalue weighted by molar-refractivity contribution is -0.126. The number of aryl methyl sites for hydroxylation is 1. The number of carbonyl (C=O) groups excluding carboxylic acids is 2. The van der Waals surface area contributed by atoms with Crippen LogP contribution in [-0.4, -0.2) is 60.6 Å². The van der Waals surface area contributed by atoms with Crippen molar-refractivity contribution in [2.75, 3.05) is 38.3 Å². The van der Waals surface area contributed by atoms with E-state index in [0.29, 0.717) is 56.3 Å². The molecule has 0 atom stereocenters. The zero-order valence-corrected chi connectivity index (χ0v) is 18.4. The van der Waals surface area contributed by atoms with Gasteiger partial charge in [-0.1, -0.05) is 12.1 Å². The molecule has 1 fully saturated rings. The van der Waals surface area contributed by atoms with Crippen LogP contribution in [-0.2, 0) is 16.1 Å². The van der Waals surface area contributed by atoms with E-state index in [1.165, 1.54) is 17.1 Å². The van der Waals surface area contributed by atoms with Crippen molar-refractivity contribution in [3.63, 3.8) is 0 Å². The molecule has 168 valence electrons. The third kappa shape index (κ3) is 4.80. The molecule has 4 rings (SSSR count). The number of hydrogen-bond donors (Lipinski definition) is 0. The molecule has 0 N–H and O–H groups in total. The largest absolute Gasteiger partial charge is 0.496 e. The number of hydrogen-bond acceptors (Lipinski definition) is 5. The predicted octanol–water partition coefficient (Wildman–Crippen LogP) is 2.97. The van der Waals surface area contributed by atoms with E-state index in [1.807, 2.05) is 31.2 Å². The molecule has 2 amide bonds. The Balaban J connectivity index is 1.40. The summed E-state index contributed by atoms with van der Waals surface area (Å²) in [4.78, 5) is 29.4. The van der Waals surface area contributed by atoms with Gasteiger partial charge in [0.2, 0.25) is 5.91 Å². The molecule has 0 radical (unpaired) electrons. The second-order valence-electron chi connectivity index (χ2n) is 8.12. The molecule has 0 aliphatic carbocycles. The number of amides is 2. The molecule has 2 aliphatic rings. The molecule has 0 aromatic heterocycles. The Kier molecular flexibility index (Phi) is 6.50. The molecule has 0 spiro atoms. The van der Waals surface area contributed by atoms with Crippen molar-refractivity contribution in [3.8, 4) is 5.75 Å². The number of rotatable bonds is 5. The monoisotopic (exact) mass is 438 g/mol. The minimum Gasteiger partial charge on any atom is -0.496 e. The fraction of sp³-hybridized carbons (Fsp3) is 0.375. The molecule has 2 aromatic rings. The molecule has 8 heteroatoms. The Labute approximate surface area is 187 Å². The van der Waals surface area contributed by atoms with Crippen LogP contribution in [0.3, 0.4) is 0 Å². The molecule has 32 heavy (non-hydrogen) atoms. The summed E-state index contributed by atoms with van der Waals surface area (Å²) in [7, 11) is 1.57. The van der Waals surface area contributed by atoms with Crippen LogP contribution in [0.15, 0.2) is 47.6 Å². The van der Waals surface area contributed by atoms with Gasteiger partial charge in [-0.2, -0.15) is 5.10 Å². The Morgan fingerprint density at radius 1 is 1.09 bits per heavy atom. The van der Waals surface area contributed by atoms with Gasteiger partial charge < -0.3 is 9.64 Å². The average Bonchev–Trinajstić information content (AvgIpc) is 2.80. The van der Waals surface area contributed by atoms with E-state index >= 15 is 0 Å². The van der Waals surface area contributed by atoms with Gasteiger partial charge in [-0.3, -0.25) is 14.5 Å². The lowest BCUT2D eigenvalue weighted by Gasteiger charge is -2.35. The summed E-state index contributed by atoms with van der Waals surface area (Å²) in [6, 6.07) is 12.0. The summed E-state index contributed by atoms with van der Waals surface area (Å²) >= 11 is 0. The van der Waals surface area contributed by atoms with E-state index in [2.05, 4.69) is 10.0 Å². The molecule has 7 nitrogen and oxygen atoms in total. The van der Waals surface area contributed by atoms with E-state index in [1.54, 1.807) is 18.1 Å². The van der Waals surface area contributed by atoms with Crippen molar-refractivity contribution in [2.45, 2.75) is 26.3 Å². The Bertz CT molecular complexity index is 1050. The number of hydrazone groups is 1. The lowest BCUT2D eigenvalue weighted by atomic mass is 10.1. The first-order valence-corrected chi connectivity index (χ1v) is 10.8. The molecular formula is C24H27FN4O3. The highest BCUT2D eigenvalue weighted by Gasteiger charge is 2.30. The van der Waals surface area contributed by atoms with Gasteiger partial charge in [0, 0.05) is 51.1 Å². The number of piperazine rings is 1. The Morgan fingerprint density at radius 3 is 2.59 bits per heavy atom. The van der Waals surface area contributed by atoms with Crippen LogP contribution in [0.2, 0.25) is 0 Å². The summed E-state index contributed by atoms with van der Waals surface area (Å²) in [5.41, 5.74) is 2.89. The van der Waals surface area contributed by atoms with Crippen LogP contribution >= 0.6 is 0 Å². The average molecular weight is 439 g/mol. The van der Waals surface area contributed by atoms with Gasteiger partial charge in [-0.25, -0.2) is 9.40 Å². The van der Waals surface area contributed by atoms with Crippen LogP contribution in [0.4, 0.5) is 10.1 Å². The fourth-order valence-electron chi connectivity index (χ4n) is 4.07. The van der Waals surface area contributed by atoms with E-state index < -0.39 is 0 Å². The highest BCUT2D eigenvalue weighted by atomic mass is 19.1. The molecular weight excluding hydrogens is 411 g/mol. The zero-order valence-electron chi connectivity index (χ0n) is 18.4. The molecule has 1 saturated heterocycles. The topological polar surface area (TPSA) is 65.5 Å². The van der Waals surface area contributed by atoms with Gasteiger partial charge in [-0.15, -0.1) is 0 Å². The van der Waals surface area contributed by atoms with Crippen LogP contribution in [0.1, 0.15) is 24.0 Å². The first-order chi connectivity index (χ1) is 15.4. The SMILES string of the molecule is COc1ccc(F)cc1CN1CCN(C(=O)C2=NN(c3cccc(C)c3)C(=O)CC2)CC1. The van der Waals surface area contributed by atoms with Gasteiger partial charge >= 0.3 is 0 Å². The maximum atomic E-state index is 13.6. The second-order valence-corrected chi connectivity index (χ2v) is 8.12. The highest BCUT2D eigenvalue weighted by molar-refractivity contribution is 6.40. The zero-order chi connectivity index (χ0) is 22.7. The smallest absolute Gasteiger partial charge is 0.270 e. The van der Waals surface area contributed by atoms with Gasteiger partial charge in [0.05, 0.1) is 12.8 Å². The normalized spacial score (nSPS) is 17.3. The fourth-order valence-corrected chi connectivity index (χ4v) is 4.07. The van der Waals surface area contributed by atoms with Crippen LogP contribution in [0.25, 0.3) is 0 Å². The molecule has 2 aromatic carbocycles. The Hall–Kier alpha value is -3.26. The van der Waals surface area contributed by atoms with Crippen LogP contribution in [0, 0.1) is 12.7 Å². The van der Waals surface area contributed by atoms with E-state index in [0.717, 1.165) is 11.1 Å². The van der Waals surface area contributed by atoms with Crippen LogP contribution in [0.5, 0.6) is 5.75 Å². The summed E-state index contributed by atoms with van der Waals surface area (Å²) in [5, 5.41) is 5.75. The summed E-state index contributed by atoms with van der Waals surface area (Å²) in [5.74, 6) is 0.124. The number of methoxy groups -OCH3 is 1. The van der Waals surface area contributed by atoms with E-state index in [9.17, 15) is 14.0 Å². The number of nitrogens with zero attached hydrogens (tertiary/aromatic N) is 4. The molecule has 2 heterocycles. The Morgan fingerprint density at radius 2 is 1.88 bits per heavy atom.